The summed E-state index contributed by atoms with van der Waals surface area (Å²) in [5, 5.41) is 3.16. The average molecular weight is 480 g/mol. The molecule has 2 heterocycles. The number of benzene rings is 2. The van der Waals surface area contributed by atoms with Crippen molar-refractivity contribution in [2.75, 3.05) is 16.8 Å². The zero-order valence-electron chi connectivity index (χ0n) is 16.9. The molecule has 1 saturated heterocycles. The van der Waals surface area contributed by atoms with Gasteiger partial charge in [0.05, 0.1) is 26.6 Å². The molecule has 8 nitrogen and oxygen atoms in total. The SMILES string of the molecule is Cc1cc(C)c2nc(NC(=O)c3cccc(S(=O)(=O)N[C@H]4CCS(=O)(=O)C4)c3)sc2c1. The van der Waals surface area contributed by atoms with Crippen molar-refractivity contribution < 1.29 is 21.6 Å². The Kier molecular flexibility index (Phi) is 5.63. The summed E-state index contributed by atoms with van der Waals surface area (Å²) in [7, 11) is -7.18. The molecule has 0 radical (unpaired) electrons. The summed E-state index contributed by atoms with van der Waals surface area (Å²) < 4.78 is 51.9. The van der Waals surface area contributed by atoms with E-state index in [0.29, 0.717) is 5.13 Å². The average Bonchev–Trinajstić information content (AvgIpc) is 3.23. The number of aromatic nitrogens is 1. The van der Waals surface area contributed by atoms with Gasteiger partial charge in [-0.05, 0) is 55.7 Å². The number of sulfonamides is 1. The van der Waals surface area contributed by atoms with Crippen molar-refractivity contribution in [2.45, 2.75) is 31.2 Å². The molecule has 2 N–H and O–H groups in total. The van der Waals surface area contributed by atoms with Gasteiger partial charge in [-0.3, -0.25) is 10.1 Å². The second-order valence-electron chi connectivity index (χ2n) is 7.65. The third-order valence-corrected chi connectivity index (χ3v) is 9.22. The number of nitrogens with zero attached hydrogens (tertiary/aromatic N) is 1. The fourth-order valence-electron chi connectivity index (χ4n) is 3.57. The van der Waals surface area contributed by atoms with Crippen molar-refractivity contribution in [1.82, 2.24) is 9.71 Å². The van der Waals surface area contributed by atoms with E-state index < -0.39 is 31.8 Å². The van der Waals surface area contributed by atoms with Gasteiger partial charge in [0.1, 0.15) is 0 Å². The van der Waals surface area contributed by atoms with Gasteiger partial charge in [0, 0.05) is 11.6 Å². The Morgan fingerprint density at radius 3 is 2.68 bits per heavy atom. The van der Waals surface area contributed by atoms with Gasteiger partial charge in [-0.25, -0.2) is 26.5 Å². The first-order valence-corrected chi connectivity index (χ1v) is 13.7. The molecule has 0 unspecified atom stereocenters. The van der Waals surface area contributed by atoms with Gasteiger partial charge < -0.3 is 0 Å². The molecule has 2 aromatic carbocycles. The van der Waals surface area contributed by atoms with Crippen LogP contribution >= 0.6 is 11.3 Å². The molecule has 1 aliphatic heterocycles. The van der Waals surface area contributed by atoms with Gasteiger partial charge in [-0.2, -0.15) is 0 Å². The Morgan fingerprint density at radius 1 is 1.19 bits per heavy atom. The van der Waals surface area contributed by atoms with Crippen LogP contribution in [0, 0.1) is 13.8 Å². The molecule has 0 bridgehead atoms. The van der Waals surface area contributed by atoms with Gasteiger partial charge in [0.15, 0.2) is 15.0 Å². The Labute approximate surface area is 184 Å². The summed E-state index contributed by atoms with van der Waals surface area (Å²) in [6, 6.07) is 8.97. The molecular formula is C20H21N3O5S3. The lowest BCUT2D eigenvalue weighted by atomic mass is 10.1. The molecular weight excluding hydrogens is 458 g/mol. The highest BCUT2D eigenvalue weighted by Crippen LogP contribution is 2.29. The largest absolute Gasteiger partial charge is 0.298 e. The van der Waals surface area contributed by atoms with Crippen molar-refractivity contribution in [3.05, 3.63) is 53.1 Å². The van der Waals surface area contributed by atoms with Crippen LogP contribution in [0.4, 0.5) is 5.13 Å². The van der Waals surface area contributed by atoms with Crippen LogP contribution in [0.2, 0.25) is 0 Å². The highest BCUT2D eigenvalue weighted by Gasteiger charge is 2.31. The van der Waals surface area contributed by atoms with Crippen molar-refractivity contribution in [3.63, 3.8) is 0 Å². The molecule has 1 aromatic heterocycles. The second kappa shape index (κ2) is 7.97. The molecule has 3 aromatic rings. The van der Waals surface area contributed by atoms with E-state index in [0.717, 1.165) is 21.3 Å². The highest BCUT2D eigenvalue weighted by atomic mass is 32.2. The predicted octanol–water partition coefficient (Wildman–Crippen LogP) is 2.63. The first-order valence-electron chi connectivity index (χ1n) is 9.54. The Hall–Kier alpha value is -2.34. The number of carbonyl (C=O) groups excluding carboxylic acids is 1. The molecule has 1 fully saturated rings. The molecule has 0 saturated carbocycles. The zero-order valence-corrected chi connectivity index (χ0v) is 19.3. The maximum absolute atomic E-state index is 12.7. The summed E-state index contributed by atoms with van der Waals surface area (Å²) in [4.78, 5) is 17.1. The molecule has 164 valence electrons. The smallest absolute Gasteiger partial charge is 0.257 e. The number of fused-ring (bicyclic) bond motifs is 1. The van der Waals surface area contributed by atoms with Crippen molar-refractivity contribution in [2.24, 2.45) is 0 Å². The van der Waals surface area contributed by atoms with Crippen LogP contribution in [0.25, 0.3) is 10.2 Å². The fraction of sp³-hybridized carbons (Fsp3) is 0.300. The number of anilines is 1. The van der Waals surface area contributed by atoms with Gasteiger partial charge >= 0.3 is 0 Å². The van der Waals surface area contributed by atoms with Crippen LogP contribution in [-0.4, -0.2) is 45.3 Å². The van der Waals surface area contributed by atoms with E-state index in [-0.39, 0.29) is 28.4 Å². The Bertz CT molecular complexity index is 1390. The maximum Gasteiger partial charge on any atom is 0.257 e. The summed E-state index contributed by atoms with van der Waals surface area (Å²) in [6.07, 6.45) is 0.234. The van der Waals surface area contributed by atoms with Crippen LogP contribution in [0.1, 0.15) is 27.9 Å². The summed E-state index contributed by atoms with van der Waals surface area (Å²) >= 11 is 1.35. The van der Waals surface area contributed by atoms with Crippen LogP contribution in [0.15, 0.2) is 41.3 Å². The van der Waals surface area contributed by atoms with Gasteiger partial charge in [0.25, 0.3) is 5.91 Å². The number of hydrogen-bond acceptors (Lipinski definition) is 7. The van der Waals surface area contributed by atoms with Crippen molar-refractivity contribution in [1.29, 1.82) is 0 Å². The molecule has 0 spiro atoms. The first-order chi connectivity index (χ1) is 14.5. The summed E-state index contributed by atoms with van der Waals surface area (Å²) in [6.45, 7) is 3.95. The summed E-state index contributed by atoms with van der Waals surface area (Å²) in [5.41, 5.74) is 3.10. The minimum absolute atomic E-state index is 0.0379. The molecule has 1 amide bonds. The van der Waals surface area contributed by atoms with E-state index in [1.807, 2.05) is 26.0 Å². The standard InChI is InChI=1S/C20H21N3O5S3/c1-12-8-13(2)18-17(9-12)29-20(21-18)22-19(24)14-4-3-5-16(10-14)31(27,28)23-15-6-7-30(25,26)11-15/h3-5,8-10,15,23H,6-7,11H2,1-2H3,(H,21,22,24)/t15-/m0/s1. The lowest BCUT2D eigenvalue weighted by Crippen LogP contribution is -2.35. The Balaban J connectivity index is 1.54. The lowest BCUT2D eigenvalue weighted by molar-refractivity contribution is 0.102. The van der Waals surface area contributed by atoms with Crippen LogP contribution in [-0.2, 0) is 19.9 Å². The van der Waals surface area contributed by atoms with Crippen molar-refractivity contribution >= 4 is 52.5 Å². The Morgan fingerprint density at radius 2 is 1.97 bits per heavy atom. The molecule has 0 aliphatic carbocycles. The van der Waals surface area contributed by atoms with Crippen molar-refractivity contribution in [3.8, 4) is 0 Å². The highest BCUT2D eigenvalue weighted by molar-refractivity contribution is 7.92. The molecule has 1 aliphatic rings. The van der Waals surface area contributed by atoms with E-state index >= 15 is 0 Å². The normalized spacial score (nSPS) is 18.3. The van der Waals surface area contributed by atoms with E-state index in [1.165, 1.54) is 35.6 Å². The first kappa shape index (κ1) is 21.9. The predicted molar refractivity (Wildman–Crippen MR) is 121 cm³/mol. The van der Waals surface area contributed by atoms with Crippen LogP contribution in [0.5, 0.6) is 0 Å². The molecule has 1 atom stereocenters. The lowest BCUT2D eigenvalue weighted by Gasteiger charge is -2.12. The minimum Gasteiger partial charge on any atom is -0.298 e. The number of thiazole rings is 1. The number of carbonyl (C=O) groups is 1. The number of aryl methyl sites for hydroxylation is 2. The number of amides is 1. The third kappa shape index (κ3) is 4.79. The van der Waals surface area contributed by atoms with E-state index in [9.17, 15) is 21.6 Å². The second-order valence-corrected chi connectivity index (χ2v) is 12.6. The number of rotatable bonds is 5. The number of nitrogens with one attached hydrogen (secondary N) is 2. The topological polar surface area (TPSA) is 122 Å². The maximum atomic E-state index is 12.7. The minimum atomic E-state index is -3.96. The van der Waals surface area contributed by atoms with Crippen LogP contribution < -0.4 is 10.0 Å². The fourth-order valence-corrected chi connectivity index (χ4v) is 7.71. The van der Waals surface area contributed by atoms with Gasteiger partial charge in [0.2, 0.25) is 10.0 Å². The molecule has 11 heteroatoms. The van der Waals surface area contributed by atoms with E-state index in [2.05, 4.69) is 15.0 Å². The molecule has 31 heavy (non-hydrogen) atoms. The number of hydrogen-bond donors (Lipinski definition) is 2. The van der Waals surface area contributed by atoms with Gasteiger partial charge in [-0.15, -0.1) is 0 Å². The molecule has 4 rings (SSSR count). The quantitative estimate of drug-likeness (QED) is 0.580. The number of sulfone groups is 1. The van der Waals surface area contributed by atoms with E-state index in [1.54, 1.807) is 0 Å². The monoisotopic (exact) mass is 479 g/mol. The zero-order chi connectivity index (χ0) is 22.4. The third-order valence-electron chi connectivity index (χ3n) is 5.01. The van der Waals surface area contributed by atoms with Gasteiger partial charge in [-0.1, -0.05) is 23.5 Å². The summed E-state index contributed by atoms with van der Waals surface area (Å²) in [5.74, 6) is -0.735. The van der Waals surface area contributed by atoms with E-state index in [4.69, 9.17) is 0 Å². The van der Waals surface area contributed by atoms with Crippen LogP contribution in [0.3, 0.4) is 0 Å².